The molecule has 0 amide bonds. The minimum absolute atomic E-state index is 0.181. The lowest BCUT2D eigenvalue weighted by atomic mass is 9.83. The van der Waals surface area contributed by atoms with Gasteiger partial charge in [-0.15, -0.1) is 0 Å². The summed E-state index contributed by atoms with van der Waals surface area (Å²) in [6.07, 6.45) is 3.34. The molecule has 2 bridgehead atoms. The van der Waals surface area contributed by atoms with E-state index in [0.29, 0.717) is 18.4 Å². The summed E-state index contributed by atoms with van der Waals surface area (Å²) < 4.78 is 25.2. The summed E-state index contributed by atoms with van der Waals surface area (Å²) in [6.45, 7) is 7.38. The Hall–Kier alpha value is -0.870. The molecule has 1 saturated carbocycles. The number of piperidine rings is 1. The molecule has 0 N–H and O–H groups in total. The lowest BCUT2D eigenvalue weighted by Crippen LogP contribution is -2.38. The first-order chi connectivity index (χ1) is 9.66. The van der Waals surface area contributed by atoms with Crippen LogP contribution in [0.25, 0.3) is 0 Å². The number of hydrogen-bond acceptors (Lipinski definition) is 2. The fraction of sp³-hybridized carbons (Fsp3) is 0.647. The van der Waals surface area contributed by atoms with Gasteiger partial charge in [0.2, 0.25) is 10.0 Å². The molecule has 3 rings (SSSR count). The van der Waals surface area contributed by atoms with Gasteiger partial charge < -0.3 is 0 Å². The van der Waals surface area contributed by atoms with Gasteiger partial charge in [-0.25, -0.2) is 8.42 Å². The van der Waals surface area contributed by atoms with Crippen molar-refractivity contribution in [3.8, 4) is 0 Å². The first-order valence-corrected chi connectivity index (χ1v) is 9.58. The quantitative estimate of drug-likeness (QED) is 0.842. The Morgan fingerprint density at radius 3 is 2.14 bits per heavy atom. The minimum Gasteiger partial charge on any atom is -0.212 e. The van der Waals surface area contributed by atoms with Gasteiger partial charge in [-0.3, -0.25) is 0 Å². The predicted molar refractivity (Wildman–Crippen MR) is 85.9 cm³/mol. The standard InChI is InChI=1S/C17H25NO2S/c1-17(2,3)14-7-5-12(6-8-14)16-10-15-9-13(16)11-18(15)21(4,19)20/h5-8,13,15-16H,9-11H2,1-4H3/t13-,15-,16-/m1/s1. The molecule has 21 heavy (non-hydrogen) atoms. The van der Waals surface area contributed by atoms with Crippen LogP contribution in [0.5, 0.6) is 0 Å². The van der Waals surface area contributed by atoms with Gasteiger partial charge in [0.1, 0.15) is 0 Å². The third-order valence-corrected chi connectivity index (χ3v) is 6.42. The molecule has 1 aromatic carbocycles. The summed E-state index contributed by atoms with van der Waals surface area (Å²) in [5.74, 6) is 1.02. The molecule has 1 heterocycles. The highest BCUT2D eigenvalue weighted by molar-refractivity contribution is 7.88. The van der Waals surface area contributed by atoms with Gasteiger partial charge in [0.05, 0.1) is 6.26 Å². The van der Waals surface area contributed by atoms with Crippen LogP contribution in [-0.4, -0.2) is 31.6 Å². The Bertz CT molecular complexity index is 628. The van der Waals surface area contributed by atoms with Crippen LogP contribution in [0.3, 0.4) is 0 Å². The third kappa shape index (κ3) is 2.76. The molecule has 1 saturated heterocycles. The lowest BCUT2D eigenvalue weighted by Gasteiger charge is -2.30. The summed E-state index contributed by atoms with van der Waals surface area (Å²) in [6, 6.07) is 9.18. The first-order valence-electron chi connectivity index (χ1n) is 7.73. The topological polar surface area (TPSA) is 37.4 Å². The molecule has 1 aromatic rings. The summed E-state index contributed by atoms with van der Waals surface area (Å²) in [4.78, 5) is 0. The van der Waals surface area contributed by atoms with Crippen molar-refractivity contribution < 1.29 is 8.42 Å². The van der Waals surface area contributed by atoms with E-state index >= 15 is 0 Å². The Kier molecular flexibility index (Phi) is 3.45. The van der Waals surface area contributed by atoms with Crippen LogP contribution in [0, 0.1) is 5.92 Å². The molecular weight excluding hydrogens is 282 g/mol. The maximum Gasteiger partial charge on any atom is 0.211 e. The smallest absolute Gasteiger partial charge is 0.211 e. The second kappa shape index (κ2) is 4.82. The summed E-state index contributed by atoms with van der Waals surface area (Å²) in [5, 5.41) is 0. The number of rotatable bonds is 2. The number of nitrogens with zero attached hydrogens (tertiary/aromatic N) is 1. The van der Waals surface area contributed by atoms with Crippen molar-refractivity contribution in [1.82, 2.24) is 4.31 Å². The Morgan fingerprint density at radius 1 is 1.10 bits per heavy atom. The Morgan fingerprint density at radius 2 is 1.71 bits per heavy atom. The van der Waals surface area contributed by atoms with Gasteiger partial charge in [-0.1, -0.05) is 45.0 Å². The van der Waals surface area contributed by atoms with E-state index in [-0.39, 0.29) is 11.5 Å². The first kappa shape index (κ1) is 15.0. The van der Waals surface area contributed by atoms with Crippen molar-refractivity contribution in [3.05, 3.63) is 35.4 Å². The number of hydrogen-bond donors (Lipinski definition) is 0. The molecule has 0 spiro atoms. The van der Waals surface area contributed by atoms with Crippen LogP contribution in [-0.2, 0) is 15.4 Å². The molecule has 4 heteroatoms. The molecule has 3 atom stereocenters. The van der Waals surface area contributed by atoms with Crippen molar-refractivity contribution in [2.45, 2.75) is 51.0 Å². The third-order valence-electron chi connectivity index (χ3n) is 5.12. The van der Waals surface area contributed by atoms with Crippen molar-refractivity contribution >= 4 is 10.0 Å². The summed E-state index contributed by atoms with van der Waals surface area (Å²) in [5.41, 5.74) is 2.91. The van der Waals surface area contributed by atoms with Gasteiger partial charge in [0.15, 0.2) is 0 Å². The molecule has 3 nitrogen and oxygen atoms in total. The highest BCUT2D eigenvalue weighted by Gasteiger charge is 2.48. The number of sulfonamides is 1. The van der Waals surface area contributed by atoms with Gasteiger partial charge >= 0.3 is 0 Å². The van der Waals surface area contributed by atoms with Crippen molar-refractivity contribution in [1.29, 1.82) is 0 Å². The largest absolute Gasteiger partial charge is 0.212 e. The molecule has 0 radical (unpaired) electrons. The highest BCUT2D eigenvalue weighted by atomic mass is 32.2. The van der Waals surface area contributed by atoms with Crippen molar-refractivity contribution in [3.63, 3.8) is 0 Å². The maximum absolute atomic E-state index is 11.7. The second-order valence-electron chi connectivity index (χ2n) is 7.70. The van der Waals surface area contributed by atoms with Gasteiger partial charge in [-0.05, 0) is 41.2 Å². The fourth-order valence-corrected chi connectivity index (χ4v) is 5.13. The van der Waals surface area contributed by atoms with E-state index in [1.165, 1.54) is 17.4 Å². The fourth-order valence-electron chi connectivity index (χ4n) is 3.96. The molecule has 1 aliphatic carbocycles. The van der Waals surface area contributed by atoms with Crippen molar-refractivity contribution in [2.75, 3.05) is 12.8 Å². The molecule has 0 unspecified atom stereocenters. The molecule has 116 valence electrons. The summed E-state index contributed by atoms with van der Waals surface area (Å²) >= 11 is 0. The van der Waals surface area contributed by atoms with Crippen LogP contribution in [0.2, 0.25) is 0 Å². The van der Waals surface area contributed by atoms with Crippen LogP contribution in [0.4, 0.5) is 0 Å². The normalized spacial score (nSPS) is 30.0. The Labute approximate surface area is 128 Å². The van der Waals surface area contributed by atoms with E-state index in [4.69, 9.17) is 0 Å². The van der Waals surface area contributed by atoms with E-state index in [0.717, 1.165) is 12.8 Å². The Balaban J connectivity index is 1.77. The minimum atomic E-state index is -3.03. The van der Waals surface area contributed by atoms with E-state index in [1.54, 1.807) is 4.31 Å². The average Bonchev–Trinajstić information content (AvgIpc) is 2.96. The lowest BCUT2D eigenvalue weighted by molar-refractivity contribution is 0.310. The maximum atomic E-state index is 11.7. The molecule has 2 aliphatic rings. The van der Waals surface area contributed by atoms with E-state index in [1.807, 2.05) is 0 Å². The van der Waals surface area contributed by atoms with Gasteiger partial charge in [0.25, 0.3) is 0 Å². The molecular formula is C17H25NO2S. The summed E-state index contributed by atoms with van der Waals surface area (Å²) in [7, 11) is -3.03. The number of benzene rings is 1. The van der Waals surface area contributed by atoms with E-state index in [2.05, 4.69) is 45.0 Å². The monoisotopic (exact) mass is 307 g/mol. The number of fused-ring (bicyclic) bond motifs is 2. The predicted octanol–water partition coefficient (Wildman–Crippen LogP) is 3.12. The SMILES string of the molecule is CC(C)(C)c1ccc([C@H]2C[C@H]3C[C@@H]2CN3S(C)(=O)=O)cc1. The highest BCUT2D eigenvalue weighted by Crippen LogP contribution is 2.48. The second-order valence-corrected chi connectivity index (χ2v) is 9.63. The molecule has 2 fully saturated rings. The zero-order valence-corrected chi connectivity index (χ0v) is 14.2. The van der Waals surface area contributed by atoms with Crippen LogP contribution >= 0.6 is 0 Å². The average molecular weight is 307 g/mol. The van der Waals surface area contributed by atoms with Gasteiger partial charge in [-0.2, -0.15) is 4.31 Å². The van der Waals surface area contributed by atoms with Crippen LogP contribution < -0.4 is 0 Å². The van der Waals surface area contributed by atoms with E-state index in [9.17, 15) is 8.42 Å². The van der Waals surface area contributed by atoms with Crippen LogP contribution in [0.1, 0.15) is 50.7 Å². The van der Waals surface area contributed by atoms with Crippen molar-refractivity contribution in [2.24, 2.45) is 5.92 Å². The zero-order valence-electron chi connectivity index (χ0n) is 13.3. The molecule has 0 aromatic heterocycles. The van der Waals surface area contributed by atoms with Gasteiger partial charge in [0, 0.05) is 12.6 Å². The zero-order chi connectivity index (χ0) is 15.4. The van der Waals surface area contributed by atoms with Crippen LogP contribution in [0.15, 0.2) is 24.3 Å². The van der Waals surface area contributed by atoms with E-state index < -0.39 is 10.0 Å². The molecule has 1 aliphatic heterocycles.